The number of likely N-dealkylation sites (tertiary alicyclic amines) is 1. The monoisotopic (exact) mass is 198 g/mol. The molecule has 2 aliphatic heterocycles. The molecule has 0 spiro atoms. The van der Waals surface area contributed by atoms with E-state index in [0.717, 1.165) is 18.4 Å². The third-order valence-corrected chi connectivity index (χ3v) is 3.91. The van der Waals surface area contributed by atoms with Gasteiger partial charge in [-0.2, -0.15) is 0 Å². The van der Waals surface area contributed by atoms with E-state index in [1.54, 1.807) is 0 Å². The van der Waals surface area contributed by atoms with Gasteiger partial charge in [0.25, 0.3) is 0 Å². The van der Waals surface area contributed by atoms with Crippen LogP contribution in [0.15, 0.2) is 0 Å². The molecular formula is C11H22N2O. The van der Waals surface area contributed by atoms with E-state index in [0.29, 0.717) is 18.6 Å². The molecule has 0 aliphatic carbocycles. The average Bonchev–Trinajstić information content (AvgIpc) is 2.72. The van der Waals surface area contributed by atoms with Gasteiger partial charge in [-0.3, -0.25) is 4.90 Å². The van der Waals surface area contributed by atoms with Crippen molar-refractivity contribution in [1.82, 2.24) is 10.2 Å². The highest BCUT2D eigenvalue weighted by molar-refractivity contribution is 4.96. The van der Waals surface area contributed by atoms with Crippen molar-refractivity contribution in [2.24, 2.45) is 17.8 Å². The van der Waals surface area contributed by atoms with Crippen molar-refractivity contribution in [3.63, 3.8) is 0 Å². The fourth-order valence-electron chi connectivity index (χ4n) is 2.95. The van der Waals surface area contributed by atoms with Crippen LogP contribution in [0.5, 0.6) is 0 Å². The Morgan fingerprint density at radius 3 is 2.93 bits per heavy atom. The maximum absolute atomic E-state index is 9.05. The van der Waals surface area contributed by atoms with Crippen LogP contribution < -0.4 is 5.32 Å². The molecule has 4 atom stereocenters. The lowest BCUT2D eigenvalue weighted by atomic mass is 9.95. The number of hydrogen-bond acceptors (Lipinski definition) is 3. The Balaban J connectivity index is 1.90. The van der Waals surface area contributed by atoms with Crippen molar-refractivity contribution >= 4 is 0 Å². The van der Waals surface area contributed by atoms with Gasteiger partial charge in [-0.1, -0.05) is 6.92 Å². The Morgan fingerprint density at radius 2 is 2.29 bits per heavy atom. The van der Waals surface area contributed by atoms with Crippen LogP contribution in [0.3, 0.4) is 0 Å². The van der Waals surface area contributed by atoms with Crippen LogP contribution in [0.25, 0.3) is 0 Å². The van der Waals surface area contributed by atoms with Crippen molar-refractivity contribution < 1.29 is 5.11 Å². The molecule has 2 N–H and O–H groups in total. The number of hydrogen-bond donors (Lipinski definition) is 2. The number of nitrogens with zero attached hydrogens (tertiary/aromatic N) is 1. The van der Waals surface area contributed by atoms with Gasteiger partial charge in [0.15, 0.2) is 0 Å². The molecule has 2 saturated heterocycles. The summed E-state index contributed by atoms with van der Waals surface area (Å²) in [5.41, 5.74) is 0. The highest BCUT2D eigenvalue weighted by Gasteiger charge is 2.41. The molecule has 2 rings (SSSR count). The van der Waals surface area contributed by atoms with Crippen molar-refractivity contribution in [2.75, 3.05) is 32.8 Å². The molecule has 0 saturated carbocycles. The smallest absolute Gasteiger partial charge is 0.0468 e. The van der Waals surface area contributed by atoms with E-state index in [2.05, 4.69) is 24.1 Å². The number of aliphatic hydroxyl groups is 1. The second-order valence-corrected chi connectivity index (χ2v) is 5.06. The number of aliphatic hydroxyl groups excluding tert-OH is 1. The molecular weight excluding hydrogens is 176 g/mol. The van der Waals surface area contributed by atoms with E-state index < -0.39 is 0 Å². The van der Waals surface area contributed by atoms with E-state index in [1.807, 2.05) is 0 Å². The normalized spacial score (nSPS) is 40.1. The summed E-state index contributed by atoms with van der Waals surface area (Å²) >= 11 is 0. The summed E-state index contributed by atoms with van der Waals surface area (Å²) in [5, 5.41) is 12.5. The molecule has 2 heterocycles. The summed E-state index contributed by atoms with van der Waals surface area (Å²) in [5.74, 6) is 2.13. The minimum absolute atomic E-state index is 0.316. The van der Waals surface area contributed by atoms with E-state index in [9.17, 15) is 0 Å². The molecule has 14 heavy (non-hydrogen) atoms. The van der Waals surface area contributed by atoms with Crippen molar-refractivity contribution in [1.29, 1.82) is 0 Å². The molecule has 2 aliphatic rings. The van der Waals surface area contributed by atoms with Gasteiger partial charge in [0, 0.05) is 25.7 Å². The zero-order valence-corrected chi connectivity index (χ0v) is 9.24. The molecule has 0 amide bonds. The van der Waals surface area contributed by atoms with Gasteiger partial charge in [-0.15, -0.1) is 0 Å². The van der Waals surface area contributed by atoms with E-state index in [1.165, 1.54) is 19.6 Å². The van der Waals surface area contributed by atoms with Gasteiger partial charge in [0.1, 0.15) is 0 Å². The zero-order valence-electron chi connectivity index (χ0n) is 9.24. The van der Waals surface area contributed by atoms with Crippen LogP contribution in [0, 0.1) is 17.8 Å². The van der Waals surface area contributed by atoms with Gasteiger partial charge in [0.2, 0.25) is 0 Å². The van der Waals surface area contributed by atoms with Crippen LogP contribution in [0.1, 0.15) is 13.8 Å². The van der Waals surface area contributed by atoms with Crippen LogP contribution in [0.4, 0.5) is 0 Å². The lowest BCUT2D eigenvalue weighted by Crippen LogP contribution is -2.36. The summed E-state index contributed by atoms with van der Waals surface area (Å²) in [6.07, 6.45) is 0. The van der Waals surface area contributed by atoms with Gasteiger partial charge >= 0.3 is 0 Å². The largest absolute Gasteiger partial charge is 0.396 e. The van der Waals surface area contributed by atoms with Crippen LogP contribution >= 0.6 is 0 Å². The first kappa shape index (κ1) is 10.4. The third-order valence-electron chi connectivity index (χ3n) is 3.91. The molecule has 0 aromatic heterocycles. The van der Waals surface area contributed by atoms with Crippen molar-refractivity contribution in [3.8, 4) is 0 Å². The van der Waals surface area contributed by atoms with Gasteiger partial charge in [-0.25, -0.2) is 0 Å². The third kappa shape index (κ3) is 1.81. The predicted molar refractivity (Wildman–Crippen MR) is 57.1 cm³/mol. The molecule has 3 heteroatoms. The molecule has 4 unspecified atom stereocenters. The minimum atomic E-state index is 0.316. The Labute approximate surface area is 86.5 Å². The SMILES string of the molecule is CC(CO)CN1CC2CNCC2C1C. The lowest BCUT2D eigenvalue weighted by molar-refractivity contribution is 0.159. The predicted octanol–water partition coefficient (Wildman–Crippen LogP) is 0.155. The molecule has 0 aromatic carbocycles. The maximum Gasteiger partial charge on any atom is 0.0468 e. The number of fused-ring (bicyclic) bond motifs is 1. The average molecular weight is 198 g/mol. The lowest BCUT2D eigenvalue weighted by Gasteiger charge is -2.26. The first-order valence-electron chi connectivity index (χ1n) is 5.78. The molecule has 3 nitrogen and oxygen atoms in total. The number of rotatable bonds is 3. The summed E-state index contributed by atoms with van der Waals surface area (Å²) in [6, 6.07) is 0.698. The highest BCUT2D eigenvalue weighted by atomic mass is 16.3. The Bertz CT molecular complexity index is 196. The summed E-state index contributed by atoms with van der Waals surface area (Å²) in [4.78, 5) is 2.55. The van der Waals surface area contributed by atoms with Crippen LogP contribution in [-0.4, -0.2) is 48.8 Å². The standard InChI is InChI=1S/C11H22N2O/c1-8(7-14)5-13-6-10-3-12-4-11(10)9(13)2/h8-12,14H,3-7H2,1-2H3. The van der Waals surface area contributed by atoms with Crippen LogP contribution in [-0.2, 0) is 0 Å². The molecule has 2 fully saturated rings. The topological polar surface area (TPSA) is 35.5 Å². The Kier molecular flexibility index (Phi) is 3.10. The Hall–Kier alpha value is -0.120. The van der Waals surface area contributed by atoms with Gasteiger partial charge < -0.3 is 10.4 Å². The summed E-state index contributed by atoms with van der Waals surface area (Å²) in [6.45, 7) is 9.44. The maximum atomic E-state index is 9.05. The fraction of sp³-hybridized carbons (Fsp3) is 1.00. The van der Waals surface area contributed by atoms with Crippen molar-refractivity contribution in [3.05, 3.63) is 0 Å². The molecule has 0 aromatic rings. The minimum Gasteiger partial charge on any atom is -0.396 e. The molecule has 0 bridgehead atoms. The second-order valence-electron chi connectivity index (χ2n) is 5.06. The number of nitrogens with one attached hydrogen (secondary N) is 1. The van der Waals surface area contributed by atoms with Gasteiger partial charge in [-0.05, 0) is 37.8 Å². The fourth-order valence-corrected chi connectivity index (χ4v) is 2.95. The zero-order chi connectivity index (χ0) is 10.1. The molecule has 82 valence electrons. The highest BCUT2D eigenvalue weighted by Crippen LogP contribution is 2.32. The first-order chi connectivity index (χ1) is 6.72. The summed E-state index contributed by atoms with van der Waals surface area (Å²) < 4.78 is 0. The second kappa shape index (κ2) is 4.17. The van der Waals surface area contributed by atoms with Crippen molar-refractivity contribution in [2.45, 2.75) is 19.9 Å². The quantitative estimate of drug-likeness (QED) is 0.678. The molecule has 0 radical (unpaired) electrons. The van der Waals surface area contributed by atoms with E-state index >= 15 is 0 Å². The first-order valence-corrected chi connectivity index (χ1v) is 5.78. The van der Waals surface area contributed by atoms with E-state index in [4.69, 9.17) is 5.11 Å². The van der Waals surface area contributed by atoms with Crippen LogP contribution in [0.2, 0.25) is 0 Å². The Morgan fingerprint density at radius 1 is 1.50 bits per heavy atom. The summed E-state index contributed by atoms with van der Waals surface area (Å²) in [7, 11) is 0. The van der Waals surface area contributed by atoms with Gasteiger partial charge in [0.05, 0.1) is 0 Å². The van der Waals surface area contributed by atoms with E-state index in [-0.39, 0.29) is 0 Å².